The number of sulfonamides is 1. The van der Waals surface area contributed by atoms with Crippen LogP contribution in [0.5, 0.6) is 0 Å². The van der Waals surface area contributed by atoms with E-state index >= 15 is 0 Å². The number of carbonyl (C=O) groups is 1. The first-order valence-corrected chi connectivity index (χ1v) is 12.9. The Balaban J connectivity index is 1.34. The Bertz CT molecular complexity index is 1140. The number of aryl methyl sites for hydroxylation is 1. The number of ether oxygens (including phenoxy) is 1. The first kappa shape index (κ1) is 22.7. The highest BCUT2D eigenvalue weighted by Crippen LogP contribution is 2.32. The zero-order valence-corrected chi connectivity index (χ0v) is 19.3. The molecule has 1 saturated heterocycles. The molecular weight excluding hydrogens is 444 g/mol. The third-order valence-corrected chi connectivity index (χ3v) is 8.85. The highest BCUT2D eigenvalue weighted by Gasteiger charge is 2.27. The fourth-order valence-electron chi connectivity index (χ4n) is 3.56. The lowest BCUT2D eigenvalue weighted by molar-refractivity contribution is 0.0731. The summed E-state index contributed by atoms with van der Waals surface area (Å²) >= 11 is 1.24. The predicted molar refractivity (Wildman–Crippen MR) is 126 cm³/mol. The van der Waals surface area contributed by atoms with E-state index in [0.29, 0.717) is 42.6 Å². The normalized spacial score (nSPS) is 14.9. The molecule has 0 unspecified atom stereocenters. The van der Waals surface area contributed by atoms with Crippen LogP contribution in [0.4, 0.5) is 0 Å². The van der Waals surface area contributed by atoms with E-state index in [2.05, 4.69) is 17.4 Å². The van der Waals surface area contributed by atoms with E-state index in [9.17, 15) is 13.2 Å². The topological polar surface area (TPSA) is 75.7 Å². The van der Waals surface area contributed by atoms with Crippen molar-refractivity contribution in [2.24, 2.45) is 0 Å². The monoisotopic (exact) mass is 470 g/mol. The van der Waals surface area contributed by atoms with Crippen LogP contribution in [0.15, 0.2) is 70.9 Å². The molecule has 32 heavy (non-hydrogen) atoms. The average molecular weight is 471 g/mol. The first-order chi connectivity index (χ1) is 15.5. The number of amides is 1. The number of rotatable bonds is 8. The van der Waals surface area contributed by atoms with Crippen molar-refractivity contribution in [1.29, 1.82) is 0 Å². The minimum Gasteiger partial charge on any atom is -0.379 e. The number of morpholine rings is 1. The Morgan fingerprint density at radius 2 is 1.69 bits per heavy atom. The number of carbonyl (C=O) groups excluding carboxylic acids is 1. The van der Waals surface area contributed by atoms with Crippen molar-refractivity contribution >= 4 is 27.3 Å². The Morgan fingerprint density at radius 3 is 2.41 bits per heavy atom. The van der Waals surface area contributed by atoms with E-state index in [1.807, 2.05) is 36.4 Å². The Morgan fingerprint density at radius 1 is 0.969 bits per heavy atom. The van der Waals surface area contributed by atoms with Gasteiger partial charge in [0.05, 0.1) is 13.2 Å². The molecule has 2 heterocycles. The van der Waals surface area contributed by atoms with Gasteiger partial charge in [0.2, 0.25) is 0 Å². The maximum Gasteiger partial charge on any atom is 0.252 e. The van der Waals surface area contributed by atoms with Crippen LogP contribution >= 0.6 is 11.3 Å². The second-order valence-electron chi connectivity index (χ2n) is 7.56. The van der Waals surface area contributed by atoms with Crippen LogP contribution in [0.3, 0.4) is 0 Å². The molecule has 6 nitrogen and oxygen atoms in total. The van der Waals surface area contributed by atoms with E-state index in [4.69, 9.17) is 4.74 Å². The maximum absolute atomic E-state index is 12.8. The molecule has 1 amide bonds. The lowest BCUT2D eigenvalue weighted by atomic mass is 10.1. The van der Waals surface area contributed by atoms with Gasteiger partial charge in [0, 0.05) is 30.1 Å². The van der Waals surface area contributed by atoms with Crippen molar-refractivity contribution in [3.05, 3.63) is 77.9 Å². The first-order valence-electron chi connectivity index (χ1n) is 10.6. The van der Waals surface area contributed by atoms with Crippen LogP contribution in [0.2, 0.25) is 0 Å². The van der Waals surface area contributed by atoms with Crippen LogP contribution in [-0.2, 0) is 21.2 Å². The highest BCUT2D eigenvalue weighted by molar-refractivity contribution is 7.91. The van der Waals surface area contributed by atoms with Gasteiger partial charge in [-0.2, -0.15) is 4.31 Å². The quantitative estimate of drug-likeness (QED) is 0.508. The smallest absolute Gasteiger partial charge is 0.252 e. The number of thiophene rings is 1. The van der Waals surface area contributed by atoms with E-state index in [1.54, 1.807) is 18.2 Å². The van der Waals surface area contributed by atoms with Crippen molar-refractivity contribution in [3.63, 3.8) is 0 Å². The molecule has 1 aliphatic heterocycles. The molecule has 168 valence electrons. The summed E-state index contributed by atoms with van der Waals surface area (Å²) in [5.74, 6) is -0.105. The zero-order chi connectivity index (χ0) is 22.4. The van der Waals surface area contributed by atoms with Gasteiger partial charge >= 0.3 is 0 Å². The van der Waals surface area contributed by atoms with Gasteiger partial charge in [-0.25, -0.2) is 8.42 Å². The third kappa shape index (κ3) is 5.45. The van der Waals surface area contributed by atoms with Gasteiger partial charge in [-0.3, -0.25) is 4.79 Å². The summed E-state index contributed by atoms with van der Waals surface area (Å²) in [5, 5.41) is 2.96. The molecule has 0 aliphatic carbocycles. The molecule has 8 heteroatoms. The minimum absolute atomic E-state index is 0.105. The molecular formula is C24H26N2O4S2. The Labute approximate surface area is 192 Å². The SMILES string of the molecule is O=C(NCCCc1ccccc1)c1ccc(-c2ccc(S(=O)(=O)N3CCOCC3)s2)cc1. The van der Waals surface area contributed by atoms with Crippen LogP contribution in [-0.4, -0.2) is 51.5 Å². The Hall–Kier alpha value is -2.52. The van der Waals surface area contributed by atoms with E-state index in [0.717, 1.165) is 23.3 Å². The van der Waals surface area contributed by atoms with Crippen molar-refractivity contribution in [3.8, 4) is 10.4 Å². The molecule has 1 fully saturated rings. The van der Waals surface area contributed by atoms with Crippen molar-refractivity contribution < 1.29 is 17.9 Å². The molecule has 0 saturated carbocycles. The summed E-state index contributed by atoms with van der Waals surface area (Å²) in [6.07, 6.45) is 1.80. The van der Waals surface area contributed by atoms with Crippen LogP contribution < -0.4 is 5.32 Å². The van der Waals surface area contributed by atoms with Crippen LogP contribution in [0.1, 0.15) is 22.3 Å². The summed E-state index contributed by atoms with van der Waals surface area (Å²) in [5.41, 5.74) is 2.74. The van der Waals surface area contributed by atoms with E-state index in [1.165, 1.54) is 21.2 Å². The molecule has 0 radical (unpaired) electrons. The van der Waals surface area contributed by atoms with Crippen molar-refractivity contribution in [1.82, 2.24) is 9.62 Å². The van der Waals surface area contributed by atoms with Gasteiger partial charge in [0.15, 0.2) is 0 Å². The number of hydrogen-bond acceptors (Lipinski definition) is 5. The highest BCUT2D eigenvalue weighted by atomic mass is 32.2. The molecule has 4 rings (SSSR count). The number of benzene rings is 2. The molecule has 1 aromatic heterocycles. The minimum atomic E-state index is -3.50. The molecule has 0 bridgehead atoms. The lowest BCUT2D eigenvalue weighted by Gasteiger charge is -2.25. The van der Waals surface area contributed by atoms with Gasteiger partial charge in [0.1, 0.15) is 4.21 Å². The molecule has 2 aromatic carbocycles. The van der Waals surface area contributed by atoms with Gasteiger partial charge in [-0.1, -0.05) is 42.5 Å². The number of hydrogen-bond donors (Lipinski definition) is 1. The predicted octanol–water partition coefficient (Wildman–Crippen LogP) is 3.80. The van der Waals surface area contributed by atoms with Gasteiger partial charge in [0.25, 0.3) is 15.9 Å². The summed E-state index contributed by atoms with van der Waals surface area (Å²) < 4.78 is 32.7. The van der Waals surface area contributed by atoms with Gasteiger partial charge in [-0.15, -0.1) is 11.3 Å². The fourth-order valence-corrected chi connectivity index (χ4v) is 6.43. The van der Waals surface area contributed by atoms with Crippen LogP contribution in [0.25, 0.3) is 10.4 Å². The summed E-state index contributed by atoms with van der Waals surface area (Å²) in [6, 6.07) is 20.9. The number of nitrogens with zero attached hydrogens (tertiary/aromatic N) is 1. The number of nitrogens with one attached hydrogen (secondary N) is 1. The van der Waals surface area contributed by atoms with Crippen molar-refractivity contribution in [2.45, 2.75) is 17.1 Å². The van der Waals surface area contributed by atoms with Crippen molar-refractivity contribution in [2.75, 3.05) is 32.8 Å². The summed E-state index contributed by atoms with van der Waals surface area (Å²) in [4.78, 5) is 13.3. The third-order valence-electron chi connectivity index (χ3n) is 5.35. The maximum atomic E-state index is 12.8. The summed E-state index contributed by atoms with van der Waals surface area (Å²) in [6.45, 7) is 2.22. The van der Waals surface area contributed by atoms with Gasteiger partial charge < -0.3 is 10.1 Å². The molecule has 3 aromatic rings. The zero-order valence-electron chi connectivity index (χ0n) is 17.7. The van der Waals surface area contributed by atoms with Crippen LogP contribution in [0, 0.1) is 0 Å². The molecule has 0 atom stereocenters. The Kier molecular flexibility index (Phi) is 7.36. The fraction of sp³-hybridized carbons (Fsp3) is 0.292. The summed E-state index contributed by atoms with van der Waals surface area (Å²) in [7, 11) is -3.50. The lowest BCUT2D eigenvalue weighted by Crippen LogP contribution is -2.40. The van der Waals surface area contributed by atoms with E-state index in [-0.39, 0.29) is 5.91 Å². The second-order valence-corrected chi connectivity index (χ2v) is 10.8. The molecule has 1 N–H and O–H groups in total. The molecule has 1 aliphatic rings. The van der Waals surface area contributed by atoms with Gasteiger partial charge in [-0.05, 0) is 48.2 Å². The van der Waals surface area contributed by atoms with E-state index < -0.39 is 10.0 Å². The average Bonchev–Trinajstić information content (AvgIpc) is 3.34. The largest absolute Gasteiger partial charge is 0.379 e. The second kappa shape index (κ2) is 10.4. The standard InChI is InChI=1S/C24H26N2O4S2/c27-24(25-14-4-7-19-5-2-1-3-6-19)21-10-8-20(9-11-21)22-12-13-23(31-22)32(28,29)26-15-17-30-18-16-26/h1-3,5-6,8-13H,4,7,14-18H2,(H,25,27). The molecule has 0 spiro atoms.